The van der Waals surface area contributed by atoms with E-state index in [2.05, 4.69) is 128 Å². The Labute approximate surface area is 350 Å². The molecule has 2 unspecified atom stereocenters. The highest BCUT2D eigenvalue weighted by Crippen LogP contribution is 2.14. The summed E-state index contributed by atoms with van der Waals surface area (Å²) in [4.78, 5) is 47.4. The second kappa shape index (κ2) is 42.1. The van der Waals surface area contributed by atoms with Gasteiger partial charge in [-0.25, -0.2) is 4.79 Å². The number of carboxylic acids is 1. The molecule has 0 rings (SSSR count). The second-order valence-electron chi connectivity index (χ2n) is 14.0. The molecule has 0 aliphatic rings. The monoisotopic (exact) mass is 805 g/mol. The number of rotatable bonds is 37. The highest BCUT2D eigenvalue weighted by Gasteiger charge is 2.18. The largest absolute Gasteiger partial charge is 0.480 e. The van der Waals surface area contributed by atoms with Gasteiger partial charge in [-0.15, -0.1) is 0 Å². The van der Waals surface area contributed by atoms with Gasteiger partial charge in [0.2, 0.25) is 11.8 Å². The molecule has 4 N–H and O–H groups in total. The molecular formula is C49H76N2O7. The van der Waals surface area contributed by atoms with Crippen LogP contribution < -0.4 is 10.6 Å². The van der Waals surface area contributed by atoms with Gasteiger partial charge in [-0.2, -0.15) is 0 Å². The van der Waals surface area contributed by atoms with E-state index in [-0.39, 0.29) is 30.9 Å². The number of aliphatic hydroxyl groups excluding tert-OH is 1. The Morgan fingerprint density at radius 1 is 0.534 bits per heavy atom. The van der Waals surface area contributed by atoms with Gasteiger partial charge < -0.3 is 25.6 Å². The van der Waals surface area contributed by atoms with Crippen LogP contribution in [-0.4, -0.2) is 59.3 Å². The first-order valence-electron chi connectivity index (χ1n) is 21.8. The molecule has 0 aromatic rings. The third-order valence-corrected chi connectivity index (χ3v) is 8.75. The van der Waals surface area contributed by atoms with Gasteiger partial charge in [0.15, 0.2) is 0 Å². The molecule has 58 heavy (non-hydrogen) atoms. The normalized spacial score (nSPS) is 13.6. The summed E-state index contributed by atoms with van der Waals surface area (Å²) in [6.45, 7) is 3.21. The first kappa shape index (κ1) is 53.5. The van der Waals surface area contributed by atoms with Crippen molar-refractivity contribution in [3.63, 3.8) is 0 Å². The van der Waals surface area contributed by atoms with E-state index in [1.807, 2.05) is 6.08 Å². The molecule has 324 valence electrons. The maximum absolute atomic E-state index is 12.7. The lowest BCUT2D eigenvalue weighted by molar-refractivity contribution is -0.147. The smallest absolute Gasteiger partial charge is 0.328 e. The van der Waals surface area contributed by atoms with Gasteiger partial charge >= 0.3 is 11.9 Å². The Hall–Kier alpha value is -4.50. The van der Waals surface area contributed by atoms with Gasteiger partial charge in [-0.3, -0.25) is 14.4 Å². The number of hydrogen-bond acceptors (Lipinski definition) is 6. The molecule has 0 heterocycles. The van der Waals surface area contributed by atoms with Crippen LogP contribution in [0, 0.1) is 0 Å². The predicted molar refractivity (Wildman–Crippen MR) is 240 cm³/mol. The lowest BCUT2D eigenvalue weighted by atomic mass is 10.1. The fourth-order valence-corrected chi connectivity index (χ4v) is 5.47. The Morgan fingerprint density at radius 2 is 0.983 bits per heavy atom. The van der Waals surface area contributed by atoms with Crippen molar-refractivity contribution in [3.8, 4) is 0 Å². The van der Waals surface area contributed by atoms with Crippen LogP contribution in [0.3, 0.4) is 0 Å². The minimum absolute atomic E-state index is 0.150. The molecule has 0 aliphatic heterocycles. The summed E-state index contributed by atoms with van der Waals surface area (Å²) in [5, 5.41) is 22.5. The Kier molecular flexibility index (Phi) is 38.8. The number of nitrogens with one attached hydrogen (secondary N) is 2. The third kappa shape index (κ3) is 38.4. The minimum atomic E-state index is -1.39. The predicted octanol–water partition coefficient (Wildman–Crippen LogP) is 10.8. The number of aliphatic hydroxyl groups is 1. The van der Waals surface area contributed by atoms with Crippen LogP contribution in [0.4, 0.5) is 0 Å². The van der Waals surface area contributed by atoms with Gasteiger partial charge in [0.1, 0.15) is 12.1 Å². The molecule has 0 aromatic carbocycles. The molecule has 0 fully saturated rings. The number of allylic oxidation sites excluding steroid dienone is 17. The number of carbonyl (C=O) groups excluding carboxylic acids is 3. The maximum Gasteiger partial charge on any atom is 0.328 e. The fraction of sp³-hybridized carbons (Fsp3) is 0.551. The van der Waals surface area contributed by atoms with Crippen molar-refractivity contribution in [2.75, 3.05) is 13.2 Å². The summed E-state index contributed by atoms with van der Waals surface area (Å²) in [5.74, 6) is -2.43. The summed E-state index contributed by atoms with van der Waals surface area (Å²) in [7, 11) is 0. The maximum atomic E-state index is 12.7. The van der Waals surface area contributed by atoms with Crippen LogP contribution in [0.1, 0.15) is 149 Å². The highest BCUT2D eigenvalue weighted by atomic mass is 16.5. The SMILES string of the molecule is CC/C=C\C/C=C\C/C=C\C/C=C\C/C=C\C/C=C\CCCCC(=O)OC(/C=C\C/C=C\C/C=C\CC)CCCCCCCCC(=O)NCC(=O)NC(CO)C(=O)O. The first-order chi connectivity index (χ1) is 28.3. The van der Waals surface area contributed by atoms with E-state index in [0.29, 0.717) is 12.8 Å². The number of carbonyl (C=O) groups is 4. The number of hydrogen-bond donors (Lipinski definition) is 4. The molecule has 0 bridgehead atoms. The molecule has 0 aliphatic carbocycles. The highest BCUT2D eigenvalue weighted by molar-refractivity contribution is 5.87. The fourth-order valence-electron chi connectivity index (χ4n) is 5.47. The number of aliphatic carboxylic acids is 1. The van der Waals surface area contributed by atoms with E-state index in [1.165, 1.54) is 0 Å². The van der Waals surface area contributed by atoms with Crippen molar-refractivity contribution >= 4 is 23.8 Å². The van der Waals surface area contributed by atoms with Gasteiger partial charge in [0, 0.05) is 12.8 Å². The van der Waals surface area contributed by atoms with Crippen molar-refractivity contribution in [3.05, 3.63) is 109 Å². The summed E-state index contributed by atoms with van der Waals surface area (Å²) in [5.41, 5.74) is 0. The topological polar surface area (TPSA) is 142 Å². The van der Waals surface area contributed by atoms with E-state index < -0.39 is 24.5 Å². The van der Waals surface area contributed by atoms with Crippen LogP contribution in [-0.2, 0) is 23.9 Å². The first-order valence-corrected chi connectivity index (χ1v) is 21.8. The summed E-state index contributed by atoms with van der Waals surface area (Å²) in [6.07, 6.45) is 57.2. The van der Waals surface area contributed by atoms with E-state index in [0.717, 1.165) is 116 Å². The van der Waals surface area contributed by atoms with Gasteiger partial charge in [0.05, 0.1) is 13.2 Å². The zero-order valence-corrected chi connectivity index (χ0v) is 35.7. The molecule has 9 heteroatoms. The van der Waals surface area contributed by atoms with Crippen molar-refractivity contribution in [2.45, 2.75) is 161 Å². The third-order valence-electron chi connectivity index (χ3n) is 8.75. The number of amides is 2. The molecular weight excluding hydrogens is 729 g/mol. The average molecular weight is 805 g/mol. The van der Waals surface area contributed by atoms with Crippen molar-refractivity contribution in [2.24, 2.45) is 0 Å². The second-order valence-corrected chi connectivity index (χ2v) is 14.0. The van der Waals surface area contributed by atoms with Gasteiger partial charge in [-0.05, 0) is 102 Å². The van der Waals surface area contributed by atoms with Crippen LogP contribution in [0.25, 0.3) is 0 Å². The number of ether oxygens (including phenoxy) is 1. The molecule has 0 saturated carbocycles. The molecule has 0 radical (unpaired) electrons. The van der Waals surface area contributed by atoms with Crippen LogP contribution in [0.5, 0.6) is 0 Å². The van der Waals surface area contributed by atoms with Crippen LogP contribution in [0.15, 0.2) is 109 Å². The number of esters is 1. The quantitative estimate of drug-likeness (QED) is 0.0278. The molecule has 0 aromatic heterocycles. The molecule has 9 nitrogen and oxygen atoms in total. The van der Waals surface area contributed by atoms with Crippen molar-refractivity contribution in [1.29, 1.82) is 0 Å². The summed E-state index contributed by atoms with van der Waals surface area (Å²) in [6, 6.07) is -1.39. The Bertz CT molecular complexity index is 1340. The molecule has 2 amide bonds. The minimum Gasteiger partial charge on any atom is -0.480 e. The summed E-state index contributed by atoms with van der Waals surface area (Å²) < 4.78 is 5.89. The Morgan fingerprint density at radius 3 is 1.48 bits per heavy atom. The lowest BCUT2D eigenvalue weighted by Gasteiger charge is -2.14. The van der Waals surface area contributed by atoms with Crippen LogP contribution in [0.2, 0.25) is 0 Å². The molecule has 0 saturated heterocycles. The zero-order chi connectivity index (χ0) is 42.6. The van der Waals surface area contributed by atoms with Crippen LogP contribution >= 0.6 is 0 Å². The summed E-state index contributed by atoms with van der Waals surface area (Å²) >= 11 is 0. The van der Waals surface area contributed by atoms with E-state index >= 15 is 0 Å². The van der Waals surface area contributed by atoms with E-state index in [9.17, 15) is 19.2 Å². The molecule has 0 spiro atoms. The zero-order valence-electron chi connectivity index (χ0n) is 35.7. The van der Waals surface area contributed by atoms with Crippen molar-refractivity contribution < 1.29 is 34.1 Å². The standard InChI is InChI=1S/C49H76N2O7/c1-3-5-7-9-11-13-14-15-16-17-18-19-20-21-22-23-24-25-27-33-37-41-48(55)58-44(38-34-30-26-12-10-8-6-4-2)39-35-31-28-29-32-36-40-46(53)50-42-47(54)51-45(43-52)49(56)57/h5-8,11-13,15-16,18-19,21-22,24-26,34,38,44-45,52H,3-4,9-10,14,17,20,23,27-33,35-37,39-43H2,1-2H3,(H,50,53)(H,51,54)(H,56,57)/b7-5-,8-6-,13-11-,16-15-,19-18-,22-21-,25-24-,26-12-,38-34-. The number of carboxylic acid groups (broad SMARTS) is 1. The van der Waals surface area contributed by atoms with E-state index in [4.69, 9.17) is 14.9 Å². The van der Waals surface area contributed by atoms with Crippen molar-refractivity contribution in [1.82, 2.24) is 10.6 Å². The Balaban J connectivity index is 4.35. The lowest BCUT2D eigenvalue weighted by Crippen LogP contribution is -2.47. The van der Waals surface area contributed by atoms with Gasteiger partial charge in [-0.1, -0.05) is 143 Å². The van der Waals surface area contributed by atoms with Gasteiger partial charge in [0.25, 0.3) is 0 Å². The van der Waals surface area contributed by atoms with E-state index in [1.54, 1.807) is 0 Å². The average Bonchev–Trinajstić information content (AvgIpc) is 3.21. The molecule has 2 atom stereocenters. The number of unbranched alkanes of at least 4 members (excludes halogenated alkanes) is 7.